The Kier molecular flexibility index (Phi) is 9.13. The number of hydrogen-bond donors (Lipinski definition) is 2. The van der Waals surface area contributed by atoms with Crippen LogP contribution in [0.2, 0.25) is 0 Å². The Balaban J connectivity index is 1.27. The average molecular weight is 660 g/mol. The number of aryl methyl sites for hydroxylation is 1. The maximum absolute atomic E-state index is 13.6. The second-order valence-electron chi connectivity index (χ2n) is 10.3. The van der Waals surface area contributed by atoms with Crippen LogP contribution in [0.1, 0.15) is 43.4 Å². The minimum absolute atomic E-state index is 0.0570. The molecule has 2 aromatic heterocycles. The molecular weight excluding hydrogens is 629 g/mol. The number of amides is 2. The van der Waals surface area contributed by atoms with Crippen LogP contribution in [0.15, 0.2) is 53.0 Å². The van der Waals surface area contributed by atoms with Gasteiger partial charge in [0.15, 0.2) is 0 Å². The normalized spacial score (nSPS) is 14.2. The topological polar surface area (TPSA) is 101 Å². The number of morpholine rings is 1. The number of rotatable bonds is 8. The minimum Gasteiger partial charge on any atom is -0.379 e. The first kappa shape index (κ1) is 30.6. The summed E-state index contributed by atoms with van der Waals surface area (Å²) < 4.78 is 48.3. The Morgan fingerprint density at radius 2 is 1.74 bits per heavy atom. The predicted octanol–water partition coefficient (Wildman–Crippen LogP) is 5.19. The molecule has 3 heterocycles. The summed E-state index contributed by atoms with van der Waals surface area (Å²) in [5.74, 6) is -0.856. The van der Waals surface area contributed by atoms with Gasteiger partial charge in [-0.2, -0.15) is 18.3 Å². The van der Waals surface area contributed by atoms with Crippen LogP contribution in [0.5, 0.6) is 0 Å². The zero-order chi connectivity index (χ0) is 30.7. The summed E-state index contributed by atoms with van der Waals surface area (Å²) in [6.07, 6.45) is -4.72. The van der Waals surface area contributed by atoms with E-state index >= 15 is 0 Å². The Morgan fingerprint density at radius 1 is 1.02 bits per heavy atom. The van der Waals surface area contributed by atoms with Crippen LogP contribution >= 0.6 is 15.9 Å². The molecule has 9 nitrogen and oxygen atoms in total. The fourth-order valence-corrected chi connectivity index (χ4v) is 5.29. The van der Waals surface area contributed by atoms with Crippen molar-refractivity contribution in [1.29, 1.82) is 0 Å². The highest BCUT2D eigenvalue weighted by Gasteiger charge is 2.34. The predicted molar refractivity (Wildman–Crippen MR) is 159 cm³/mol. The summed E-state index contributed by atoms with van der Waals surface area (Å²) in [5.41, 5.74) is 1.74. The first-order valence-corrected chi connectivity index (χ1v) is 14.5. The maximum atomic E-state index is 13.6. The van der Waals surface area contributed by atoms with Crippen molar-refractivity contribution in [2.75, 3.05) is 44.7 Å². The lowest BCUT2D eigenvalue weighted by atomic mass is 10.1. The number of ether oxygens (including phenoxy) is 1. The van der Waals surface area contributed by atoms with Crippen molar-refractivity contribution in [3.05, 3.63) is 86.8 Å². The summed E-state index contributed by atoms with van der Waals surface area (Å²) in [5, 5.41) is 10.5. The number of anilines is 1. The van der Waals surface area contributed by atoms with Gasteiger partial charge in [-0.3, -0.25) is 19.2 Å². The van der Waals surface area contributed by atoms with Gasteiger partial charge in [-0.15, -0.1) is 0 Å². The van der Waals surface area contributed by atoms with Crippen molar-refractivity contribution in [3.63, 3.8) is 0 Å². The molecule has 1 aliphatic heterocycles. The molecule has 2 N–H and O–H groups in total. The number of halogens is 4. The molecule has 0 aliphatic carbocycles. The van der Waals surface area contributed by atoms with E-state index in [4.69, 9.17) is 4.74 Å². The van der Waals surface area contributed by atoms with Gasteiger partial charge in [0.1, 0.15) is 5.69 Å². The van der Waals surface area contributed by atoms with E-state index in [-0.39, 0.29) is 22.4 Å². The number of benzene rings is 2. The molecule has 0 unspecified atom stereocenters. The second kappa shape index (κ2) is 12.8. The number of aromatic nitrogens is 3. The fraction of sp³-hybridized carbons (Fsp3) is 0.333. The molecule has 43 heavy (non-hydrogen) atoms. The Hall–Kier alpha value is -3.81. The maximum Gasteiger partial charge on any atom is 0.433 e. The molecule has 0 bridgehead atoms. The summed E-state index contributed by atoms with van der Waals surface area (Å²) >= 11 is 3.31. The highest BCUT2D eigenvalue weighted by Crippen LogP contribution is 2.32. The molecule has 4 aromatic rings. The molecule has 0 atom stereocenters. The van der Waals surface area contributed by atoms with Crippen LogP contribution < -0.4 is 10.6 Å². The van der Waals surface area contributed by atoms with Crippen LogP contribution in [0.25, 0.3) is 10.9 Å². The van der Waals surface area contributed by atoms with Gasteiger partial charge in [0, 0.05) is 41.6 Å². The van der Waals surface area contributed by atoms with E-state index in [1.807, 2.05) is 12.1 Å². The number of carbonyl (C=O) groups excluding carboxylic acids is 2. The van der Waals surface area contributed by atoms with Crippen LogP contribution in [0.4, 0.5) is 18.9 Å². The zero-order valence-corrected chi connectivity index (χ0v) is 25.2. The average Bonchev–Trinajstić information content (AvgIpc) is 3.24. The number of hydrogen-bond acceptors (Lipinski definition) is 6. The number of fused-ring (bicyclic) bond motifs is 1. The van der Waals surface area contributed by atoms with E-state index in [9.17, 15) is 22.8 Å². The molecule has 13 heteroatoms. The van der Waals surface area contributed by atoms with E-state index in [0.717, 1.165) is 31.3 Å². The third kappa shape index (κ3) is 7.23. The van der Waals surface area contributed by atoms with Crippen LogP contribution in [-0.4, -0.2) is 70.9 Å². The minimum atomic E-state index is -4.72. The van der Waals surface area contributed by atoms with Gasteiger partial charge in [0.05, 0.1) is 47.9 Å². The number of alkyl halides is 3. The number of nitrogens with one attached hydrogen (secondary N) is 2. The molecule has 1 aliphatic rings. The fourth-order valence-electron chi connectivity index (χ4n) is 4.93. The number of pyridine rings is 1. The largest absolute Gasteiger partial charge is 0.433 e. The third-order valence-corrected chi connectivity index (χ3v) is 7.78. The van der Waals surface area contributed by atoms with Crippen LogP contribution in [-0.2, 0) is 17.5 Å². The lowest BCUT2D eigenvalue weighted by molar-refractivity contribution is -0.141. The Bertz CT molecular complexity index is 1650. The molecular formula is C30H30BrF3N6O3. The summed E-state index contributed by atoms with van der Waals surface area (Å²) in [6, 6.07) is 12.5. The third-order valence-electron chi connectivity index (χ3n) is 7.29. The summed E-state index contributed by atoms with van der Waals surface area (Å²) in [4.78, 5) is 31.9. The van der Waals surface area contributed by atoms with Crippen molar-refractivity contribution in [2.24, 2.45) is 0 Å². The molecule has 1 fully saturated rings. The quantitative estimate of drug-likeness (QED) is 0.270. The van der Waals surface area contributed by atoms with E-state index in [1.54, 1.807) is 42.8 Å². The summed E-state index contributed by atoms with van der Waals surface area (Å²) in [7, 11) is 0. The van der Waals surface area contributed by atoms with Gasteiger partial charge in [0.25, 0.3) is 11.8 Å². The van der Waals surface area contributed by atoms with Gasteiger partial charge in [0.2, 0.25) is 0 Å². The van der Waals surface area contributed by atoms with Gasteiger partial charge in [-0.05, 0) is 55.8 Å². The Labute approximate surface area is 254 Å². The van der Waals surface area contributed by atoms with Crippen molar-refractivity contribution in [1.82, 2.24) is 25.0 Å². The first-order valence-electron chi connectivity index (χ1n) is 13.7. The van der Waals surface area contributed by atoms with E-state index in [2.05, 4.69) is 41.5 Å². The van der Waals surface area contributed by atoms with Gasteiger partial charge < -0.3 is 15.4 Å². The molecule has 0 spiro atoms. The SMILES string of the molecule is Cc1nn(Cc2ccc(C(=O)NCCN3CCOCC3)cc2)c(C)c1NC(=O)c1cc(C(F)(F)F)nc2ccc(Br)cc12. The van der Waals surface area contributed by atoms with Gasteiger partial charge in [-0.25, -0.2) is 4.98 Å². The van der Waals surface area contributed by atoms with Crippen LogP contribution in [0, 0.1) is 13.8 Å². The molecule has 1 saturated heterocycles. The molecule has 2 amide bonds. The van der Waals surface area contributed by atoms with E-state index in [0.29, 0.717) is 53.4 Å². The molecule has 0 saturated carbocycles. The lowest BCUT2D eigenvalue weighted by Gasteiger charge is -2.26. The van der Waals surface area contributed by atoms with Gasteiger partial charge in [-0.1, -0.05) is 28.1 Å². The smallest absolute Gasteiger partial charge is 0.379 e. The molecule has 0 radical (unpaired) electrons. The molecule has 226 valence electrons. The summed E-state index contributed by atoms with van der Waals surface area (Å²) in [6.45, 7) is 8.31. The van der Waals surface area contributed by atoms with Crippen molar-refractivity contribution >= 4 is 44.3 Å². The van der Waals surface area contributed by atoms with E-state index < -0.39 is 17.8 Å². The highest BCUT2D eigenvalue weighted by atomic mass is 79.9. The lowest BCUT2D eigenvalue weighted by Crippen LogP contribution is -2.41. The monoisotopic (exact) mass is 658 g/mol. The first-order chi connectivity index (χ1) is 20.5. The zero-order valence-electron chi connectivity index (χ0n) is 23.6. The van der Waals surface area contributed by atoms with Crippen molar-refractivity contribution in [2.45, 2.75) is 26.6 Å². The molecule has 2 aromatic carbocycles. The number of nitrogens with zero attached hydrogens (tertiary/aromatic N) is 4. The van der Waals surface area contributed by atoms with Crippen molar-refractivity contribution < 1.29 is 27.5 Å². The van der Waals surface area contributed by atoms with Gasteiger partial charge >= 0.3 is 6.18 Å². The van der Waals surface area contributed by atoms with E-state index in [1.165, 1.54) is 6.07 Å². The van der Waals surface area contributed by atoms with Crippen LogP contribution in [0.3, 0.4) is 0 Å². The standard InChI is InChI=1S/C30H30BrF3N6O3/c1-18-27(37-29(42)24-16-26(30(32,33)34)36-25-8-7-22(31)15-23(24)25)19(2)40(38-18)17-20-3-5-21(6-4-20)28(41)35-9-10-39-11-13-43-14-12-39/h3-8,15-16H,9-14,17H2,1-2H3,(H,35,41)(H,37,42). The van der Waals surface area contributed by atoms with Crippen molar-refractivity contribution in [3.8, 4) is 0 Å². The highest BCUT2D eigenvalue weighted by molar-refractivity contribution is 9.10. The second-order valence-corrected chi connectivity index (χ2v) is 11.2. The number of carbonyl (C=O) groups is 2. The molecule has 5 rings (SSSR count). The Morgan fingerprint density at radius 3 is 2.44 bits per heavy atom.